The van der Waals surface area contributed by atoms with Crippen LogP contribution in [0.15, 0.2) is 30.3 Å². The highest BCUT2D eigenvalue weighted by molar-refractivity contribution is 7.92. The van der Waals surface area contributed by atoms with Crippen molar-refractivity contribution < 1.29 is 8.42 Å². The average Bonchev–Trinajstić information content (AvgIpc) is 2.94. The van der Waals surface area contributed by atoms with Crippen LogP contribution in [0.2, 0.25) is 0 Å². The second-order valence-corrected chi connectivity index (χ2v) is 8.55. The van der Waals surface area contributed by atoms with Gasteiger partial charge in [-0.25, -0.2) is 18.4 Å². The van der Waals surface area contributed by atoms with Gasteiger partial charge in [0.25, 0.3) is 0 Å². The van der Waals surface area contributed by atoms with Gasteiger partial charge in [0.05, 0.1) is 11.3 Å². The number of para-hydroxylation sites is 1. The lowest BCUT2D eigenvalue weighted by Crippen LogP contribution is -2.17. The molecule has 0 saturated carbocycles. The zero-order chi connectivity index (χ0) is 19.6. The molecule has 0 unspecified atom stereocenters. The number of nitrogens with zero attached hydrogens (tertiary/aromatic N) is 3. The molecular formula is C19H25N5O2S. The third-order valence-electron chi connectivity index (χ3n) is 4.68. The Labute approximate surface area is 159 Å². The molecule has 2 heterocycles. The molecule has 3 aromatic rings. The molecule has 0 aliphatic heterocycles. The topological polar surface area (TPSA) is 103 Å². The van der Waals surface area contributed by atoms with Crippen LogP contribution in [-0.2, 0) is 16.6 Å². The van der Waals surface area contributed by atoms with Crippen molar-refractivity contribution in [3.63, 3.8) is 0 Å². The molecular weight excluding hydrogens is 362 g/mol. The average molecular weight is 388 g/mol. The number of unbranched alkanes of at least 4 members (excludes halogenated alkanes) is 1. The largest absolute Gasteiger partial charge is 0.382 e. The highest BCUT2D eigenvalue weighted by atomic mass is 32.2. The SMILES string of the molecule is Cc1nc(N)c2nc(C)n(CCCCS(=O)(=O)Nc3ccccc3)c2c1C. The monoisotopic (exact) mass is 387 g/mol. The van der Waals surface area contributed by atoms with Crippen LogP contribution in [0.1, 0.15) is 29.9 Å². The summed E-state index contributed by atoms with van der Waals surface area (Å²) < 4.78 is 29.2. The van der Waals surface area contributed by atoms with Crippen molar-refractivity contribution in [2.24, 2.45) is 0 Å². The van der Waals surface area contributed by atoms with E-state index < -0.39 is 10.0 Å². The summed E-state index contributed by atoms with van der Waals surface area (Å²) in [5.41, 5.74) is 10.2. The van der Waals surface area contributed by atoms with Gasteiger partial charge in [-0.1, -0.05) is 18.2 Å². The second-order valence-electron chi connectivity index (χ2n) is 6.71. The van der Waals surface area contributed by atoms with Crippen molar-refractivity contribution in [2.75, 3.05) is 16.2 Å². The van der Waals surface area contributed by atoms with Gasteiger partial charge in [0.15, 0.2) is 5.82 Å². The maximum absolute atomic E-state index is 12.2. The van der Waals surface area contributed by atoms with E-state index in [1.807, 2.05) is 26.8 Å². The van der Waals surface area contributed by atoms with Crippen molar-refractivity contribution in [1.29, 1.82) is 0 Å². The van der Waals surface area contributed by atoms with E-state index in [0.29, 0.717) is 30.0 Å². The molecule has 0 atom stereocenters. The minimum atomic E-state index is -3.35. The minimum absolute atomic E-state index is 0.0786. The molecule has 0 aliphatic rings. The van der Waals surface area contributed by atoms with Gasteiger partial charge < -0.3 is 10.3 Å². The summed E-state index contributed by atoms with van der Waals surface area (Å²) in [6, 6.07) is 8.93. The Kier molecular flexibility index (Phi) is 5.36. The number of pyridine rings is 1. The summed E-state index contributed by atoms with van der Waals surface area (Å²) in [4.78, 5) is 8.88. The second kappa shape index (κ2) is 7.56. The number of rotatable bonds is 7. The first-order valence-corrected chi connectivity index (χ1v) is 10.6. The first-order valence-electron chi connectivity index (χ1n) is 8.93. The van der Waals surface area contributed by atoms with Gasteiger partial charge in [0.1, 0.15) is 11.3 Å². The summed E-state index contributed by atoms with van der Waals surface area (Å²) in [5, 5.41) is 0. The molecule has 3 N–H and O–H groups in total. The molecule has 0 saturated heterocycles. The Morgan fingerprint density at radius 1 is 1.07 bits per heavy atom. The standard InChI is InChI=1S/C19H25N5O2S/c1-13-14(2)21-19(20)17-18(13)24(15(3)22-17)11-7-8-12-27(25,26)23-16-9-5-4-6-10-16/h4-6,9-10,23H,7-8,11-12H2,1-3H3,(H2,20,21). The first kappa shape index (κ1) is 19.2. The van der Waals surface area contributed by atoms with Crippen LogP contribution in [-0.4, -0.2) is 28.7 Å². The number of fused-ring (bicyclic) bond motifs is 1. The van der Waals surface area contributed by atoms with Crippen molar-refractivity contribution in [3.8, 4) is 0 Å². The van der Waals surface area contributed by atoms with Crippen molar-refractivity contribution in [1.82, 2.24) is 14.5 Å². The first-order chi connectivity index (χ1) is 12.8. The highest BCUT2D eigenvalue weighted by Gasteiger charge is 2.16. The van der Waals surface area contributed by atoms with E-state index >= 15 is 0 Å². The van der Waals surface area contributed by atoms with E-state index in [0.717, 1.165) is 29.0 Å². The smallest absolute Gasteiger partial charge is 0.232 e. The van der Waals surface area contributed by atoms with Crippen LogP contribution in [0.3, 0.4) is 0 Å². The maximum Gasteiger partial charge on any atom is 0.232 e. The normalized spacial score (nSPS) is 11.8. The molecule has 0 bridgehead atoms. The Bertz CT molecular complexity index is 1060. The molecule has 27 heavy (non-hydrogen) atoms. The van der Waals surface area contributed by atoms with Gasteiger partial charge in [0.2, 0.25) is 10.0 Å². The number of benzene rings is 1. The van der Waals surface area contributed by atoms with Gasteiger partial charge in [0, 0.05) is 17.9 Å². The van der Waals surface area contributed by atoms with Gasteiger partial charge >= 0.3 is 0 Å². The molecule has 0 aliphatic carbocycles. The summed E-state index contributed by atoms with van der Waals surface area (Å²) >= 11 is 0. The van der Waals surface area contributed by atoms with Crippen molar-refractivity contribution in [2.45, 2.75) is 40.2 Å². The number of nitrogens with two attached hydrogens (primary N) is 1. The molecule has 0 spiro atoms. The third kappa shape index (κ3) is 4.21. The van der Waals surface area contributed by atoms with Crippen LogP contribution in [0.5, 0.6) is 0 Å². The van der Waals surface area contributed by atoms with Crippen LogP contribution in [0.25, 0.3) is 11.0 Å². The fourth-order valence-electron chi connectivity index (χ4n) is 3.18. The van der Waals surface area contributed by atoms with Crippen molar-refractivity contribution >= 4 is 32.6 Å². The summed E-state index contributed by atoms with van der Waals surface area (Å²) in [6.45, 7) is 6.56. The zero-order valence-electron chi connectivity index (χ0n) is 15.9. The minimum Gasteiger partial charge on any atom is -0.382 e. The number of hydrogen-bond donors (Lipinski definition) is 2. The zero-order valence-corrected chi connectivity index (χ0v) is 16.7. The summed E-state index contributed by atoms with van der Waals surface area (Å²) in [7, 11) is -3.35. The molecule has 144 valence electrons. The number of hydrogen-bond acceptors (Lipinski definition) is 5. The molecule has 7 nitrogen and oxygen atoms in total. The lowest BCUT2D eigenvalue weighted by Gasteiger charge is -2.11. The number of nitrogen functional groups attached to an aromatic ring is 1. The molecule has 0 radical (unpaired) electrons. The maximum atomic E-state index is 12.2. The van der Waals surface area contributed by atoms with Gasteiger partial charge in [-0.05, 0) is 51.3 Å². The lowest BCUT2D eigenvalue weighted by atomic mass is 10.2. The van der Waals surface area contributed by atoms with E-state index in [9.17, 15) is 8.42 Å². The number of anilines is 2. The summed E-state index contributed by atoms with van der Waals surface area (Å²) in [6.07, 6.45) is 1.28. The molecule has 8 heteroatoms. The Morgan fingerprint density at radius 3 is 2.48 bits per heavy atom. The third-order valence-corrected chi connectivity index (χ3v) is 6.05. The summed E-state index contributed by atoms with van der Waals surface area (Å²) in [5.74, 6) is 1.37. The van der Waals surface area contributed by atoms with E-state index in [-0.39, 0.29) is 5.75 Å². The quantitative estimate of drug-likeness (QED) is 0.606. The number of aromatic nitrogens is 3. The molecule has 0 fully saturated rings. The van der Waals surface area contributed by atoms with Crippen LogP contribution >= 0.6 is 0 Å². The molecule has 0 amide bonds. The highest BCUT2D eigenvalue weighted by Crippen LogP contribution is 2.26. The van der Waals surface area contributed by atoms with Crippen LogP contribution < -0.4 is 10.5 Å². The molecule has 3 rings (SSSR count). The fourth-order valence-corrected chi connectivity index (χ4v) is 4.37. The van der Waals surface area contributed by atoms with E-state index in [1.54, 1.807) is 24.3 Å². The fraction of sp³-hybridized carbons (Fsp3) is 0.368. The molecule has 2 aromatic heterocycles. The number of sulfonamides is 1. The Balaban J connectivity index is 1.67. The predicted octanol–water partition coefficient (Wildman–Crippen LogP) is 3.16. The van der Waals surface area contributed by atoms with Gasteiger partial charge in [-0.2, -0.15) is 0 Å². The van der Waals surface area contributed by atoms with E-state index in [1.165, 1.54) is 0 Å². The van der Waals surface area contributed by atoms with Gasteiger partial charge in [-0.15, -0.1) is 0 Å². The predicted molar refractivity (Wildman–Crippen MR) is 109 cm³/mol. The molecule has 1 aromatic carbocycles. The van der Waals surface area contributed by atoms with E-state index in [2.05, 4.69) is 19.3 Å². The van der Waals surface area contributed by atoms with Crippen molar-refractivity contribution in [3.05, 3.63) is 47.4 Å². The Hall–Kier alpha value is -2.61. The van der Waals surface area contributed by atoms with Crippen LogP contribution in [0.4, 0.5) is 11.5 Å². The van der Waals surface area contributed by atoms with Gasteiger partial charge in [-0.3, -0.25) is 4.72 Å². The lowest BCUT2D eigenvalue weighted by molar-refractivity contribution is 0.587. The number of aryl methyl sites for hydroxylation is 4. The van der Waals surface area contributed by atoms with Crippen LogP contribution in [0, 0.1) is 20.8 Å². The van der Waals surface area contributed by atoms with E-state index in [4.69, 9.17) is 5.73 Å². The number of nitrogens with one attached hydrogen (secondary N) is 1. The Morgan fingerprint density at radius 2 is 1.78 bits per heavy atom. The number of imidazole rings is 1.